The van der Waals surface area contributed by atoms with Gasteiger partial charge >= 0.3 is 0 Å². The Morgan fingerprint density at radius 1 is 1.08 bits per heavy atom. The highest BCUT2D eigenvalue weighted by atomic mass is 32.1. The highest BCUT2D eigenvalue weighted by Gasteiger charge is 2.12. The van der Waals surface area contributed by atoms with E-state index in [4.69, 9.17) is 0 Å². The molecule has 0 spiro atoms. The molecule has 4 rings (SSSR count). The van der Waals surface area contributed by atoms with E-state index in [1.807, 2.05) is 41.9 Å². The van der Waals surface area contributed by atoms with Gasteiger partial charge < -0.3 is 15.3 Å². The van der Waals surface area contributed by atoms with E-state index in [9.17, 15) is 9.59 Å². The predicted molar refractivity (Wildman–Crippen MR) is 105 cm³/mol. The number of rotatable bonds is 5. The van der Waals surface area contributed by atoms with Crippen molar-refractivity contribution >= 4 is 28.1 Å². The van der Waals surface area contributed by atoms with E-state index < -0.39 is 0 Å². The number of amides is 1. The summed E-state index contributed by atoms with van der Waals surface area (Å²) in [6, 6.07) is 15.2. The molecule has 0 saturated carbocycles. The Kier molecular flexibility index (Phi) is 4.41. The van der Waals surface area contributed by atoms with E-state index in [-0.39, 0.29) is 17.0 Å². The normalized spacial score (nSPS) is 10.9. The highest BCUT2D eigenvalue weighted by molar-refractivity contribution is 7.13. The molecule has 4 aromatic rings. The lowest BCUT2D eigenvalue weighted by atomic mass is 10.1. The van der Waals surface area contributed by atoms with Crippen molar-refractivity contribution in [1.29, 1.82) is 0 Å². The number of aromatic amines is 2. The number of carbonyl (C=O) groups excluding carboxylic acids is 1. The number of aromatic nitrogens is 2. The lowest BCUT2D eigenvalue weighted by Gasteiger charge is -2.05. The van der Waals surface area contributed by atoms with Crippen LogP contribution in [-0.4, -0.2) is 22.4 Å². The molecule has 0 aliphatic carbocycles. The fraction of sp³-hybridized carbons (Fsp3) is 0.100. The fourth-order valence-corrected chi connectivity index (χ4v) is 3.68. The summed E-state index contributed by atoms with van der Waals surface area (Å²) in [5.74, 6) is -0.358. The Morgan fingerprint density at radius 3 is 2.77 bits per heavy atom. The number of H-pyrrole nitrogens is 2. The number of nitrogens with one attached hydrogen (secondary N) is 3. The van der Waals surface area contributed by atoms with E-state index in [2.05, 4.69) is 21.4 Å². The van der Waals surface area contributed by atoms with Gasteiger partial charge in [-0.05, 0) is 41.6 Å². The lowest BCUT2D eigenvalue weighted by Crippen LogP contribution is -2.31. The second-order valence-corrected chi connectivity index (χ2v) is 6.91. The van der Waals surface area contributed by atoms with Gasteiger partial charge in [0, 0.05) is 23.6 Å². The van der Waals surface area contributed by atoms with Crippen LogP contribution in [0, 0.1) is 0 Å². The van der Waals surface area contributed by atoms with Crippen LogP contribution in [0.1, 0.15) is 15.9 Å². The van der Waals surface area contributed by atoms with Gasteiger partial charge in [0.05, 0.1) is 10.6 Å². The SMILES string of the molecule is O=C(NCCc1c[nH]c2ccccc12)c1ccc(-c2cccs2)[nH]c1=O. The Labute approximate surface area is 153 Å². The summed E-state index contributed by atoms with van der Waals surface area (Å²) in [5, 5.41) is 5.92. The van der Waals surface area contributed by atoms with Crippen LogP contribution in [0.2, 0.25) is 0 Å². The third-order valence-electron chi connectivity index (χ3n) is 4.30. The largest absolute Gasteiger partial charge is 0.361 e. The number of carbonyl (C=O) groups is 1. The summed E-state index contributed by atoms with van der Waals surface area (Å²) in [6.45, 7) is 0.465. The van der Waals surface area contributed by atoms with E-state index in [1.165, 1.54) is 11.3 Å². The number of para-hydroxylation sites is 1. The van der Waals surface area contributed by atoms with Gasteiger partial charge in [0.2, 0.25) is 0 Å². The molecule has 3 heterocycles. The third-order valence-corrected chi connectivity index (χ3v) is 5.20. The van der Waals surface area contributed by atoms with Crippen LogP contribution in [0.15, 0.2) is 64.9 Å². The van der Waals surface area contributed by atoms with Crippen LogP contribution >= 0.6 is 11.3 Å². The zero-order valence-corrected chi connectivity index (χ0v) is 14.7. The number of thiophene rings is 1. The van der Waals surface area contributed by atoms with Gasteiger partial charge in [-0.15, -0.1) is 11.3 Å². The molecule has 0 unspecified atom stereocenters. The molecule has 26 heavy (non-hydrogen) atoms. The first-order chi connectivity index (χ1) is 12.7. The first kappa shape index (κ1) is 16.4. The predicted octanol–water partition coefficient (Wildman–Crippen LogP) is 3.56. The molecule has 130 valence electrons. The van der Waals surface area contributed by atoms with Gasteiger partial charge in [-0.25, -0.2) is 0 Å². The molecule has 0 saturated heterocycles. The Balaban J connectivity index is 1.43. The van der Waals surface area contributed by atoms with Crippen LogP contribution in [0.25, 0.3) is 21.5 Å². The van der Waals surface area contributed by atoms with Gasteiger partial charge in [0.15, 0.2) is 0 Å². The first-order valence-corrected chi connectivity index (χ1v) is 9.21. The number of hydrogen-bond donors (Lipinski definition) is 3. The molecule has 5 nitrogen and oxygen atoms in total. The summed E-state index contributed by atoms with van der Waals surface area (Å²) in [6.07, 6.45) is 2.65. The first-order valence-electron chi connectivity index (χ1n) is 8.33. The maximum Gasteiger partial charge on any atom is 0.261 e. The molecule has 0 fully saturated rings. The van der Waals surface area contributed by atoms with E-state index in [0.717, 1.165) is 27.0 Å². The van der Waals surface area contributed by atoms with Crippen LogP contribution in [0.3, 0.4) is 0 Å². The Hall–Kier alpha value is -3.12. The van der Waals surface area contributed by atoms with Crippen LogP contribution in [0.4, 0.5) is 0 Å². The molecule has 0 aliphatic heterocycles. The quantitative estimate of drug-likeness (QED) is 0.507. The van der Waals surface area contributed by atoms with Crippen molar-refractivity contribution < 1.29 is 4.79 Å². The van der Waals surface area contributed by atoms with E-state index in [0.29, 0.717) is 13.0 Å². The van der Waals surface area contributed by atoms with Gasteiger partial charge in [-0.2, -0.15) is 0 Å². The average Bonchev–Trinajstić information content (AvgIpc) is 3.32. The molecule has 3 N–H and O–H groups in total. The van der Waals surface area contributed by atoms with Crippen molar-refractivity contribution in [3.05, 3.63) is 81.6 Å². The standard InChI is InChI=1S/C20H17N3O2S/c24-19(15-7-8-17(23-20(15)25)18-6-3-11-26-18)21-10-9-13-12-22-16-5-2-1-4-14(13)16/h1-8,11-12,22H,9-10H2,(H,21,24)(H,23,25). The number of benzene rings is 1. The monoisotopic (exact) mass is 363 g/mol. The van der Waals surface area contributed by atoms with Crippen molar-refractivity contribution in [2.45, 2.75) is 6.42 Å². The molecule has 1 amide bonds. The lowest BCUT2D eigenvalue weighted by molar-refractivity contribution is 0.0952. The van der Waals surface area contributed by atoms with Crippen molar-refractivity contribution in [1.82, 2.24) is 15.3 Å². The fourth-order valence-electron chi connectivity index (χ4n) is 2.97. The summed E-state index contributed by atoms with van der Waals surface area (Å²) < 4.78 is 0. The summed E-state index contributed by atoms with van der Waals surface area (Å²) in [4.78, 5) is 31.5. The van der Waals surface area contributed by atoms with E-state index >= 15 is 0 Å². The second kappa shape index (κ2) is 7.01. The van der Waals surface area contributed by atoms with Crippen LogP contribution in [-0.2, 0) is 6.42 Å². The Bertz CT molecular complexity index is 1110. The minimum Gasteiger partial charge on any atom is -0.361 e. The number of fused-ring (bicyclic) bond motifs is 1. The molecular formula is C20H17N3O2S. The molecule has 6 heteroatoms. The van der Waals surface area contributed by atoms with Crippen molar-refractivity contribution in [3.8, 4) is 10.6 Å². The maximum absolute atomic E-state index is 12.3. The highest BCUT2D eigenvalue weighted by Crippen LogP contribution is 2.21. The number of pyridine rings is 1. The zero-order chi connectivity index (χ0) is 17.9. The van der Waals surface area contributed by atoms with Crippen molar-refractivity contribution in [2.75, 3.05) is 6.54 Å². The summed E-state index contributed by atoms with van der Waals surface area (Å²) >= 11 is 1.54. The third kappa shape index (κ3) is 3.19. The summed E-state index contributed by atoms with van der Waals surface area (Å²) in [7, 11) is 0. The Morgan fingerprint density at radius 2 is 1.96 bits per heavy atom. The second-order valence-electron chi connectivity index (χ2n) is 5.96. The minimum absolute atomic E-state index is 0.129. The molecule has 0 atom stereocenters. The van der Waals surface area contributed by atoms with Gasteiger partial charge in [0.25, 0.3) is 11.5 Å². The maximum atomic E-state index is 12.3. The van der Waals surface area contributed by atoms with Crippen molar-refractivity contribution in [2.24, 2.45) is 0 Å². The van der Waals surface area contributed by atoms with Gasteiger partial charge in [-0.3, -0.25) is 9.59 Å². The topological polar surface area (TPSA) is 77.8 Å². The smallest absolute Gasteiger partial charge is 0.261 e. The molecular weight excluding hydrogens is 346 g/mol. The van der Waals surface area contributed by atoms with Crippen molar-refractivity contribution in [3.63, 3.8) is 0 Å². The molecule has 0 radical (unpaired) electrons. The summed E-state index contributed by atoms with van der Waals surface area (Å²) in [5.41, 5.74) is 2.70. The number of hydrogen-bond acceptors (Lipinski definition) is 3. The average molecular weight is 363 g/mol. The molecule has 0 aliphatic rings. The van der Waals surface area contributed by atoms with Crippen LogP contribution < -0.4 is 10.9 Å². The minimum atomic E-state index is -0.375. The van der Waals surface area contributed by atoms with Gasteiger partial charge in [0.1, 0.15) is 5.56 Å². The zero-order valence-electron chi connectivity index (χ0n) is 13.9. The van der Waals surface area contributed by atoms with Crippen LogP contribution in [0.5, 0.6) is 0 Å². The molecule has 3 aromatic heterocycles. The van der Waals surface area contributed by atoms with Gasteiger partial charge in [-0.1, -0.05) is 24.3 Å². The van der Waals surface area contributed by atoms with E-state index in [1.54, 1.807) is 12.1 Å². The molecule has 1 aromatic carbocycles. The molecule has 0 bridgehead atoms.